The molecule has 7 heteroatoms. The first-order chi connectivity index (χ1) is 9.51. The fourth-order valence-electron chi connectivity index (χ4n) is 1.83. The largest absolute Gasteiger partial charge is 0.462 e. The number of nitrogens with zero attached hydrogens (tertiary/aromatic N) is 4. The maximum Gasteiger partial charge on any atom is 0.343 e. The standard InChI is InChI=1S/C13H17N5O2/c1-5-20-12(19)10-7-14-18(4)11(10)17-13-15-8(2)6-9(3)16-13/h6-7H,5H2,1-4H3,(H,15,16,17). The lowest BCUT2D eigenvalue weighted by molar-refractivity contribution is 0.0527. The molecule has 0 unspecified atom stereocenters. The molecule has 2 aromatic rings. The van der Waals surface area contributed by atoms with Crippen LogP contribution < -0.4 is 5.32 Å². The van der Waals surface area contributed by atoms with Crippen LogP contribution in [-0.2, 0) is 11.8 Å². The second kappa shape index (κ2) is 5.68. The van der Waals surface area contributed by atoms with Crippen LogP contribution in [0.25, 0.3) is 0 Å². The smallest absolute Gasteiger partial charge is 0.343 e. The van der Waals surface area contributed by atoms with E-state index in [9.17, 15) is 4.79 Å². The second-order valence-corrected chi connectivity index (χ2v) is 4.35. The summed E-state index contributed by atoms with van der Waals surface area (Å²) < 4.78 is 6.54. The van der Waals surface area contributed by atoms with E-state index in [2.05, 4.69) is 20.4 Å². The summed E-state index contributed by atoms with van der Waals surface area (Å²) in [5.41, 5.74) is 2.05. The number of carbonyl (C=O) groups is 1. The molecule has 1 N–H and O–H groups in total. The highest BCUT2D eigenvalue weighted by molar-refractivity contribution is 5.95. The molecule has 0 spiro atoms. The molecule has 0 fully saturated rings. The molecule has 0 saturated heterocycles. The van der Waals surface area contributed by atoms with Crippen molar-refractivity contribution in [1.82, 2.24) is 19.7 Å². The van der Waals surface area contributed by atoms with Gasteiger partial charge in [0, 0.05) is 18.4 Å². The second-order valence-electron chi connectivity index (χ2n) is 4.35. The Morgan fingerprint density at radius 2 is 2.00 bits per heavy atom. The zero-order valence-electron chi connectivity index (χ0n) is 12.0. The van der Waals surface area contributed by atoms with Gasteiger partial charge in [-0.1, -0.05) is 0 Å². The van der Waals surface area contributed by atoms with Gasteiger partial charge in [0.25, 0.3) is 0 Å². The van der Waals surface area contributed by atoms with Crippen molar-refractivity contribution in [2.75, 3.05) is 11.9 Å². The van der Waals surface area contributed by atoms with Crippen molar-refractivity contribution < 1.29 is 9.53 Å². The predicted octanol–water partition coefficient (Wildman–Crippen LogP) is 1.75. The fraction of sp³-hybridized carbons (Fsp3) is 0.385. The van der Waals surface area contributed by atoms with Crippen molar-refractivity contribution in [2.24, 2.45) is 7.05 Å². The highest BCUT2D eigenvalue weighted by Gasteiger charge is 2.18. The summed E-state index contributed by atoms with van der Waals surface area (Å²) in [5.74, 6) is 0.512. The lowest BCUT2D eigenvalue weighted by Gasteiger charge is -2.09. The zero-order valence-corrected chi connectivity index (χ0v) is 12.0. The van der Waals surface area contributed by atoms with Gasteiger partial charge in [-0.25, -0.2) is 14.8 Å². The van der Waals surface area contributed by atoms with Crippen LogP contribution in [0, 0.1) is 13.8 Å². The van der Waals surface area contributed by atoms with E-state index in [0.717, 1.165) is 11.4 Å². The van der Waals surface area contributed by atoms with Gasteiger partial charge in [-0.3, -0.25) is 4.68 Å². The quantitative estimate of drug-likeness (QED) is 0.856. The SMILES string of the molecule is CCOC(=O)c1cnn(C)c1Nc1nc(C)cc(C)n1. The first-order valence-electron chi connectivity index (χ1n) is 6.29. The average Bonchev–Trinajstić information content (AvgIpc) is 2.70. The van der Waals surface area contributed by atoms with E-state index in [1.54, 1.807) is 18.7 Å². The molecule has 0 amide bonds. The number of esters is 1. The Morgan fingerprint density at radius 1 is 1.35 bits per heavy atom. The maximum atomic E-state index is 11.8. The summed E-state index contributed by atoms with van der Waals surface area (Å²) >= 11 is 0. The first kappa shape index (κ1) is 14.0. The topological polar surface area (TPSA) is 81.9 Å². The molecular weight excluding hydrogens is 258 g/mol. The van der Waals surface area contributed by atoms with Crippen LogP contribution >= 0.6 is 0 Å². The van der Waals surface area contributed by atoms with Crippen LogP contribution in [0.4, 0.5) is 11.8 Å². The van der Waals surface area contributed by atoms with E-state index in [0.29, 0.717) is 23.9 Å². The van der Waals surface area contributed by atoms with Gasteiger partial charge in [-0.2, -0.15) is 5.10 Å². The highest BCUT2D eigenvalue weighted by Crippen LogP contribution is 2.19. The van der Waals surface area contributed by atoms with Crippen molar-refractivity contribution in [2.45, 2.75) is 20.8 Å². The lowest BCUT2D eigenvalue weighted by Crippen LogP contribution is -2.10. The van der Waals surface area contributed by atoms with E-state index in [4.69, 9.17) is 4.74 Å². The van der Waals surface area contributed by atoms with Crippen molar-refractivity contribution in [3.8, 4) is 0 Å². The van der Waals surface area contributed by atoms with Gasteiger partial charge in [0.2, 0.25) is 5.95 Å². The number of hydrogen-bond donors (Lipinski definition) is 1. The Labute approximate surface area is 117 Å². The number of hydrogen-bond acceptors (Lipinski definition) is 6. The van der Waals surface area contributed by atoms with Gasteiger partial charge in [0.05, 0.1) is 12.8 Å². The number of carbonyl (C=O) groups excluding carboxylic acids is 1. The van der Waals surface area contributed by atoms with E-state index in [-0.39, 0.29) is 0 Å². The monoisotopic (exact) mass is 275 g/mol. The summed E-state index contributed by atoms with van der Waals surface area (Å²) in [6.45, 7) is 5.84. The summed E-state index contributed by atoms with van der Waals surface area (Å²) in [6, 6.07) is 1.88. The molecule has 0 bridgehead atoms. The molecule has 2 rings (SSSR count). The first-order valence-corrected chi connectivity index (χ1v) is 6.29. The van der Waals surface area contributed by atoms with Gasteiger partial charge >= 0.3 is 5.97 Å². The number of aromatic nitrogens is 4. The molecule has 2 heterocycles. The van der Waals surface area contributed by atoms with Crippen molar-refractivity contribution in [3.05, 3.63) is 29.2 Å². The number of rotatable bonds is 4. The Balaban J connectivity index is 2.33. The molecule has 0 aliphatic rings. The number of nitrogens with one attached hydrogen (secondary N) is 1. The van der Waals surface area contributed by atoms with Gasteiger partial charge in [0.15, 0.2) is 0 Å². The summed E-state index contributed by atoms with van der Waals surface area (Å²) in [6.07, 6.45) is 1.46. The molecule has 2 aromatic heterocycles. The minimum Gasteiger partial charge on any atom is -0.462 e. The molecule has 0 aliphatic carbocycles. The Kier molecular flexibility index (Phi) is 3.97. The molecule has 0 saturated carbocycles. The molecule has 7 nitrogen and oxygen atoms in total. The van der Waals surface area contributed by atoms with Crippen LogP contribution in [0.15, 0.2) is 12.3 Å². The molecular formula is C13H17N5O2. The van der Waals surface area contributed by atoms with Crippen molar-refractivity contribution >= 4 is 17.7 Å². The van der Waals surface area contributed by atoms with Crippen LogP contribution in [-0.4, -0.2) is 32.3 Å². The van der Waals surface area contributed by atoms with Crippen molar-refractivity contribution in [1.29, 1.82) is 0 Å². The lowest BCUT2D eigenvalue weighted by atomic mass is 10.3. The molecule has 0 radical (unpaired) electrons. The predicted molar refractivity (Wildman–Crippen MR) is 74.0 cm³/mol. The Morgan fingerprint density at radius 3 is 2.60 bits per heavy atom. The zero-order chi connectivity index (χ0) is 14.7. The van der Waals surface area contributed by atoms with Crippen LogP contribution in [0.2, 0.25) is 0 Å². The van der Waals surface area contributed by atoms with Crippen LogP contribution in [0.5, 0.6) is 0 Å². The number of ether oxygens (including phenoxy) is 1. The highest BCUT2D eigenvalue weighted by atomic mass is 16.5. The average molecular weight is 275 g/mol. The minimum absolute atomic E-state index is 0.313. The third-order valence-electron chi connectivity index (χ3n) is 2.65. The Hall–Kier alpha value is -2.44. The minimum atomic E-state index is -0.424. The fourth-order valence-corrected chi connectivity index (χ4v) is 1.83. The summed E-state index contributed by atoms with van der Waals surface area (Å²) in [7, 11) is 1.73. The van der Waals surface area contributed by atoms with Crippen molar-refractivity contribution in [3.63, 3.8) is 0 Å². The maximum absolute atomic E-state index is 11.8. The van der Waals surface area contributed by atoms with Gasteiger partial charge < -0.3 is 10.1 Å². The number of aryl methyl sites for hydroxylation is 3. The normalized spacial score (nSPS) is 10.4. The molecule has 0 aliphatic heterocycles. The Bertz CT molecular complexity index is 615. The summed E-state index contributed by atoms with van der Waals surface area (Å²) in [5, 5.41) is 7.08. The van der Waals surface area contributed by atoms with Gasteiger partial charge in [0.1, 0.15) is 11.4 Å². The molecule has 20 heavy (non-hydrogen) atoms. The van der Waals surface area contributed by atoms with E-state index in [1.165, 1.54) is 6.20 Å². The summed E-state index contributed by atoms with van der Waals surface area (Å²) in [4.78, 5) is 20.4. The van der Waals surface area contributed by atoms with E-state index < -0.39 is 5.97 Å². The van der Waals surface area contributed by atoms with Crippen LogP contribution in [0.1, 0.15) is 28.7 Å². The van der Waals surface area contributed by atoms with E-state index in [1.807, 2.05) is 19.9 Å². The van der Waals surface area contributed by atoms with Crippen LogP contribution in [0.3, 0.4) is 0 Å². The molecule has 106 valence electrons. The van der Waals surface area contributed by atoms with Gasteiger partial charge in [-0.05, 0) is 26.8 Å². The number of anilines is 2. The molecule has 0 aromatic carbocycles. The van der Waals surface area contributed by atoms with Gasteiger partial charge in [-0.15, -0.1) is 0 Å². The molecule has 0 atom stereocenters. The third kappa shape index (κ3) is 2.93. The van der Waals surface area contributed by atoms with E-state index >= 15 is 0 Å². The third-order valence-corrected chi connectivity index (χ3v) is 2.65.